The largest absolute Gasteiger partial charge is 0.384 e. The normalized spacial score (nSPS) is 15.7. The smallest absolute Gasteiger partial charge is 0.252 e. The fourth-order valence-electron chi connectivity index (χ4n) is 1.40. The van der Waals surface area contributed by atoms with E-state index in [2.05, 4.69) is 10.3 Å². The Labute approximate surface area is 87.6 Å². The highest BCUT2D eigenvalue weighted by molar-refractivity contribution is 5.98. The van der Waals surface area contributed by atoms with Gasteiger partial charge in [-0.15, -0.1) is 0 Å². The van der Waals surface area contributed by atoms with E-state index in [0.29, 0.717) is 11.5 Å². The number of hydrogen-bond acceptors (Lipinski definition) is 4. The van der Waals surface area contributed by atoms with Crippen molar-refractivity contribution in [3.8, 4) is 0 Å². The van der Waals surface area contributed by atoms with Crippen molar-refractivity contribution < 1.29 is 9.53 Å². The standard InChI is InChI=1S/C10H13N3O2/c11-10(14)8-4-12-2-1-9(8)13-3-7-5-15-6-7/h1-2,4,7H,3,5-6H2,(H2,11,14)(H,12,13). The van der Waals surface area contributed by atoms with Crippen molar-refractivity contribution in [2.24, 2.45) is 11.7 Å². The molecule has 0 radical (unpaired) electrons. The highest BCUT2D eigenvalue weighted by Gasteiger charge is 2.18. The van der Waals surface area contributed by atoms with Crippen molar-refractivity contribution in [2.45, 2.75) is 0 Å². The minimum atomic E-state index is -0.463. The van der Waals surface area contributed by atoms with Crippen molar-refractivity contribution in [3.63, 3.8) is 0 Å². The average molecular weight is 207 g/mol. The second-order valence-electron chi connectivity index (χ2n) is 3.57. The van der Waals surface area contributed by atoms with E-state index in [9.17, 15) is 4.79 Å². The third-order valence-corrected chi connectivity index (χ3v) is 2.37. The first-order valence-corrected chi connectivity index (χ1v) is 4.83. The maximum Gasteiger partial charge on any atom is 0.252 e. The lowest BCUT2D eigenvalue weighted by Gasteiger charge is -2.26. The van der Waals surface area contributed by atoms with Gasteiger partial charge in [-0.05, 0) is 6.07 Å². The van der Waals surface area contributed by atoms with Crippen LogP contribution in [0.3, 0.4) is 0 Å². The molecule has 0 aromatic carbocycles. The summed E-state index contributed by atoms with van der Waals surface area (Å²) in [6, 6.07) is 1.75. The van der Waals surface area contributed by atoms with Crippen LogP contribution in [0.4, 0.5) is 5.69 Å². The molecule has 1 aliphatic rings. The van der Waals surface area contributed by atoms with Crippen molar-refractivity contribution in [2.75, 3.05) is 25.1 Å². The molecule has 15 heavy (non-hydrogen) atoms. The number of aromatic nitrogens is 1. The molecule has 2 heterocycles. The summed E-state index contributed by atoms with van der Waals surface area (Å²) < 4.78 is 5.06. The molecule has 1 fully saturated rings. The SMILES string of the molecule is NC(=O)c1cnccc1NCC1COC1. The van der Waals surface area contributed by atoms with Gasteiger partial charge >= 0.3 is 0 Å². The Hall–Kier alpha value is -1.62. The van der Waals surface area contributed by atoms with Gasteiger partial charge in [-0.3, -0.25) is 9.78 Å². The first kappa shape index (κ1) is 9.92. The maximum absolute atomic E-state index is 11.1. The van der Waals surface area contributed by atoms with Crippen molar-refractivity contribution in [1.29, 1.82) is 0 Å². The first-order chi connectivity index (χ1) is 7.27. The summed E-state index contributed by atoms with van der Waals surface area (Å²) in [6.07, 6.45) is 3.11. The van der Waals surface area contributed by atoms with Gasteiger partial charge in [0.15, 0.2) is 0 Å². The highest BCUT2D eigenvalue weighted by Crippen LogP contribution is 2.15. The van der Waals surface area contributed by atoms with Crippen LogP contribution in [0, 0.1) is 5.92 Å². The van der Waals surface area contributed by atoms with Gasteiger partial charge in [0.1, 0.15) is 0 Å². The van der Waals surface area contributed by atoms with Crippen LogP contribution in [0.15, 0.2) is 18.5 Å². The number of nitrogens with one attached hydrogen (secondary N) is 1. The zero-order chi connectivity index (χ0) is 10.7. The van der Waals surface area contributed by atoms with Crippen LogP contribution in [-0.2, 0) is 4.74 Å². The van der Waals surface area contributed by atoms with Gasteiger partial charge in [0.2, 0.25) is 0 Å². The topological polar surface area (TPSA) is 77.2 Å². The molecule has 1 amide bonds. The van der Waals surface area contributed by atoms with Crippen molar-refractivity contribution in [1.82, 2.24) is 4.98 Å². The van der Waals surface area contributed by atoms with E-state index in [1.807, 2.05) is 0 Å². The second kappa shape index (κ2) is 4.27. The number of amides is 1. The molecule has 0 spiro atoms. The summed E-state index contributed by atoms with van der Waals surface area (Å²) in [5.74, 6) is 0.0642. The van der Waals surface area contributed by atoms with Crippen LogP contribution in [0.2, 0.25) is 0 Å². The van der Waals surface area contributed by atoms with E-state index >= 15 is 0 Å². The van der Waals surface area contributed by atoms with E-state index in [1.54, 1.807) is 12.3 Å². The van der Waals surface area contributed by atoms with Gasteiger partial charge in [-0.1, -0.05) is 0 Å². The number of nitrogens with two attached hydrogens (primary N) is 1. The van der Waals surface area contributed by atoms with Gasteiger partial charge < -0.3 is 15.8 Å². The highest BCUT2D eigenvalue weighted by atomic mass is 16.5. The molecule has 0 unspecified atom stereocenters. The third-order valence-electron chi connectivity index (χ3n) is 2.37. The molecule has 1 saturated heterocycles. The lowest BCUT2D eigenvalue weighted by Crippen LogP contribution is -2.33. The molecule has 5 nitrogen and oxygen atoms in total. The molecular weight excluding hydrogens is 194 g/mol. The lowest BCUT2D eigenvalue weighted by molar-refractivity contribution is -0.0248. The minimum absolute atomic E-state index is 0.428. The maximum atomic E-state index is 11.1. The zero-order valence-corrected chi connectivity index (χ0v) is 8.27. The molecule has 5 heteroatoms. The molecule has 80 valence electrons. The lowest BCUT2D eigenvalue weighted by atomic mass is 10.1. The number of ether oxygens (including phenoxy) is 1. The molecule has 1 aliphatic heterocycles. The minimum Gasteiger partial charge on any atom is -0.384 e. The van der Waals surface area contributed by atoms with Crippen LogP contribution >= 0.6 is 0 Å². The van der Waals surface area contributed by atoms with Crippen molar-refractivity contribution in [3.05, 3.63) is 24.0 Å². The van der Waals surface area contributed by atoms with E-state index in [0.717, 1.165) is 25.4 Å². The summed E-state index contributed by atoms with van der Waals surface area (Å²) in [5, 5.41) is 3.18. The van der Waals surface area contributed by atoms with E-state index in [1.165, 1.54) is 6.20 Å². The van der Waals surface area contributed by atoms with Gasteiger partial charge in [-0.25, -0.2) is 0 Å². The Kier molecular flexibility index (Phi) is 2.82. The summed E-state index contributed by atoms with van der Waals surface area (Å²) in [5.41, 5.74) is 6.39. The molecular formula is C10H13N3O2. The summed E-state index contributed by atoms with van der Waals surface area (Å²) in [7, 11) is 0. The quantitative estimate of drug-likeness (QED) is 0.741. The zero-order valence-electron chi connectivity index (χ0n) is 8.27. The Morgan fingerprint density at radius 2 is 2.47 bits per heavy atom. The van der Waals surface area contributed by atoms with E-state index < -0.39 is 5.91 Å². The first-order valence-electron chi connectivity index (χ1n) is 4.83. The average Bonchev–Trinajstić information content (AvgIpc) is 2.16. The Balaban J connectivity index is 2.02. The molecule has 0 saturated carbocycles. The van der Waals surface area contributed by atoms with Gasteiger partial charge in [0.25, 0.3) is 5.91 Å². The molecule has 2 rings (SSSR count). The third kappa shape index (κ3) is 2.24. The fourth-order valence-corrected chi connectivity index (χ4v) is 1.40. The summed E-state index contributed by atoms with van der Waals surface area (Å²) >= 11 is 0. The predicted octanol–water partition coefficient (Wildman–Crippen LogP) is 0.239. The Morgan fingerprint density at radius 1 is 1.67 bits per heavy atom. The fraction of sp³-hybridized carbons (Fsp3) is 0.400. The Bertz CT molecular complexity index is 363. The van der Waals surface area contributed by atoms with Crippen LogP contribution in [-0.4, -0.2) is 30.6 Å². The summed E-state index contributed by atoms with van der Waals surface area (Å²) in [4.78, 5) is 14.9. The van der Waals surface area contributed by atoms with Crippen molar-refractivity contribution >= 4 is 11.6 Å². The Morgan fingerprint density at radius 3 is 3.07 bits per heavy atom. The summed E-state index contributed by atoms with van der Waals surface area (Å²) in [6.45, 7) is 2.36. The number of nitrogens with zero attached hydrogens (tertiary/aromatic N) is 1. The second-order valence-corrected chi connectivity index (χ2v) is 3.57. The van der Waals surface area contributed by atoms with Gasteiger partial charge in [0.05, 0.1) is 24.5 Å². The molecule has 0 aliphatic carbocycles. The van der Waals surface area contributed by atoms with Crippen LogP contribution in [0.1, 0.15) is 10.4 Å². The number of pyridine rings is 1. The number of primary amides is 1. The van der Waals surface area contributed by atoms with Crippen LogP contribution in [0.5, 0.6) is 0 Å². The van der Waals surface area contributed by atoms with Gasteiger partial charge in [0, 0.05) is 24.9 Å². The molecule has 0 bridgehead atoms. The number of carbonyl (C=O) groups is 1. The number of hydrogen-bond donors (Lipinski definition) is 2. The van der Waals surface area contributed by atoms with E-state index in [4.69, 9.17) is 10.5 Å². The van der Waals surface area contributed by atoms with E-state index in [-0.39, 0.29) is 0 Å². The van der Waals surface area contributed by atoms with Crippen LogP contribution in [0.25, 0.3) is 0 Å². The predicted molar refractivity (Wildman–Crippen MR) is 55.6 cm³/mol. The molecule has 3 N–H and O–H groups in total. The number of carbonyl (C=O) groups excluding carboxylic acids is 1. The molecule has 1 aromatic heterocycles. The molecule has 0 atom stereocenters. The van der Waals surface area contributed by atoms with Gasteiger partial charge in [-0.2, -0.15) is 0 Å². The van der Waals surface area contributed by atoms with Crippen LogP contribution < -0.4 is 11.1 Å². The number of anilines is 1. The monoisotopic (exact) mass is 207 g/mol. The number of rotatable bonds is 4. The molecule has 1 aromatic rings.